The molecule has 0 aliphatic rings. The first kappa shape index (κ1) is 20.5. The molecule has 1 heterocycles. The fraction of sp³-hybridized carbons (Fsp3) is 0.333. The van der Waals surface area contributed by atoms with E-state index in [0.717, 1.165) is 11.3 Å². The maximum absolute atomic E-state index is 6.36. The Morgan fingerprint density at radius 1 is 0.931 bits per heavy atom. The number of nitrogens with zero attached hydrogens (tertiary/aromatic N) is 2. The molecule has 0 bridgehead atoms. The lowest BCUT2D eigenvalue weighted by Crippen LogP contribution is -2.14. The third-order valence-electron chi connectivity index (χ3n) is 4.19. The summed E-state index contributed by atoms with van der Waals surface area (Å²) in [6.45, 7) is 5.20. The predicted octanol–water partition coefficient (Wildman–Crippen LogP) is 3.24. The van der Waals surface area contributed by atoms with Gasteiger partial charge in [-0.05, 0) is 55.8 Å². The minimum absolute atomic E-state index is 0.250. The van der Waals surface area contributed by atoms with Gasteiger partial charge in [-0.1, -0.05) is 6.07 Å². The zero-order chi connectivity index (χ0) is 20.6. The molecule has 0 radical (unpaired) electrons. The summed E-state index contributed by atoms with van der Waals surface area (Å²) in [5.74, 6) is 3.88. The van der Waals surface area contributed by atoms with Crippen LogP contribution in [-0.2, 0) is 6.61 Å². The van der Waals surface area contributed by atoms with E-state index in [1.807, 2.05) is 56.3 Å². The van der Waals surface area contributed by atoms with E-state index in [1.165, 1.54) is 0 Å². The van der Waals surface area contributed by atoms with Crippen LogP contribution >= 0.6 is 0 Å². The average Bonchev–Trinajstić information content (AvgIpc) is 3.23. The maximum Gasteiger partial charge on any atom is 0.172 e. The van der Waals surface area contributed by atoms with Crippen molar-refractivity contribution < 1.29 is 18.9 Å². The number of rotatable bonds is 10. The molecule has 154 valence electrons. The van der Waals surface area contributed by atoms with Crippen molar-refractivity contribution in [3.05, 3.63) is 59.7 Å². The van der Waals surface area contributed by atoms with Crippen LogP contribution in [0.15, 0.2) is 42.5 Å². The van der Waals surface area contributed by atoms with Crippen LogP contribution in [-0.4, -0.2) is 35.5 Å². The first-order valence-electron chi connectivity index (χ1n) is 9.47. The van der Waals surface area contributed by atoms with Crippen LogP contribution in [0.5, 0.6) is 23.0 Å². The highest BCUT2D eigenvalue weighted by molar-refractivity contribution is 5.45. The Morgan fingerprint density at radius 3 is 2.31 bits per heavy atom. The van der Waals surface area contributed by atoms with Crippen molar-refractivity contribution in [2.75, 3.05) is 20.3 Å². The van der Waals surface area contributed by atoms with Gasteiger partial charge in [-0.25, -0.2) is 4.98 Å². The molecule has 0 amide bonds. The van der Waals surface area contributed by atoms with Crippen LogP contribution in [0.3, 0.4) is 0 Å². The van der Waals surface area contributed by atoms with Crippen molar-refractivity contribution >= 4 is 0 Å². The number of hydrogen-bond acceptors (Lipinski definition) is 7. The summed E-state index contributed by atoms with van der Waals surface area (Å²) in [6.07, 6.45) is 0. The number of H-pyrrole nitrogens is 1. The average molecular weight is 398 g/mol. The second-order valence-corrected chi connectivity index (χ2v) is 6.15. The molecule has 29 heavy (non-hydrogen) atoms. The monoisotopic (exact) mass is 398 g/mol. The molecule has 1 atom stereocenters. The number of ether oxygens (including phenoxy) is 4. The molecule has 2 aromatic carbocycles. The van der Waals surface area contributed by atoms with Crippen molar-refractivity contribution in [1.29, 1.82) is 0 Å². The zero-order valence-corrected chi connectivity index (χ0v) is 16.8. The summed E-state index contributed by atoms with van der Waals surface area (Å²) < 4.78 is 22.1. The summed E-state index contributed by atoms with van der Waals surface area (Å²) >= 11 is 0. The highest BCUT2D eigenvalue weighted by Crippen LogP contribution is 2.31. The Hall–Kier alpha value is -3.26. The largest absolute Gasteiger partial charge is 0.497 e. The molecule has 0 saturated heterocycles. The number of aromatic nitrogens is 3. The molecule has 8 nitrogen and oxygen atoms in total. The zero-order valence-electron chi connectivity index (χ0n) is 16.8. The quantitative estimate of drug-likeness (QED) is 0.540. The summed E-state index contributed by atoms with van der Waals surface area (Å²) in [5, 5.41) is 7.11. The van der Waals surface area contributed by atoms with Crippen LogP contribution in [0.25, 0.3) is 0 Å². The summed E-state index contributed by atoms with van der Waals surface area (Å²) in [6, 6.07) is 12.4. The number of hydrogen-bond donors (Lipinski definition) is 2. The van der Waals surface area contributed by atoms with Gasteiger partial charge in [0, 0.05) is 0 Å². The lowest BCUT2D eigenvalue weighted by atomic mass is 10.1. The maximum atomic E-state index is 6.36. The summed E-state index contributed by atoms with van der Waals surface area (Å²) in [7, 11) is 1.62. The second kappa shape index (κ2) is 9.79. The SMILES string of the molecule is CCOc1ccc([C@@H](N)c2n[nH]c(COc3ccc(OC)cc3)n2)cc1OCC. The Kier molecular flexibility index (Phi) is 6.91. The lowest BCUT2D eigenvalue weighted by Gasteiger charge is -2.14. The molecular weight excluding hydrogens is 372 g/mol. The van der Waals surface area contributed by atoms with E-state index >= 15 is 0 Å². The first-order chi connectivity index (χ1) is 14.1. The summed E-state index contributed by atoms with van der Waals surface area (Å²) in [4.78, 5) is 4.46. The van der Waals surface area contributed by atoms with Crippen LogP contribution < -0.4 is 24.7 Å². The van der Waals surface area contributed by atoms with Gasteiger partial charge in [-0.2, -0.15) is 5.10 Å². The number of benzene rings is 2. The van der Waals surface area contributed by atoms with E-state index in [4.69, 9.17) is 24.7 Å². The van der Waals surface area contributed by atoms with Crippen LogP contribution in [0.4, 0.5) is 0 Å². The smallest absolute Gasteiger partial charge is 0.172 e. The standard InChI is InChI=1S/C21H26N4O4/c1-4-27-17-11-6-14(12-18(17)28-5-2)20(22)21-23-19(24-25-21)13-29-16-9-7-15(26-3)8-10-16/h6-12,20H,4-5,13,22H2,1-3H3,(H,23,24,25)/t20-/m1/s1. The molecule has 0 aliphatic heterocycles. The summed E-state index contributed by atoms with van der Waals surface area (Å²) in [5.41, 5.74) is 7.19. The van der Waals surface area contributed by atoms with E-state index in [-0.39, 0.29) is 6.61 Å². The Labute approximate surface area is 170 Å². The van der Waals surface area contributed by atoms with Gasteiger partial charge < -0.3 is 24.7 Å². The number of aromatic amines is 1. The predicted molar refractivity (Wildman–Crippen MR) is 109 cm³/mol. The fourth-order valence-corrected chi connectivity index (χ4v) is 2.75. The highest BCUT2D eigenvalue weighted by atomic mass is 16.5. The molecule has 3 aromatic rings. The topological polar surface area (TPSA) is 105 Å². The molecule has 0 aliphatic carbocycles. The van der Waals surface area contributed by atoms with E-state index in [2.05, 4.69) is 15.2 Å². The number of nitrogens with one attached hydrogen (secondary N) is 1. The van der Waals surface area contributed by atoms with Gasteiger partial charge in [0.1, 0.15) is 18.1 Å². The van der Waals surface area contributed by atoms with E-state index in [0.29, 0.717) is 42.1 Å². The van der Waals surface area contributed by atoms with Crippen molar-refractivity contribution in [3.63, 3.8) is 0 Å². The van der Waals surface area contributed by atoms with Crippen molar-refractivity contribution in [1.82, 2.24) is 15.2 Å². The van der Waals surface area contributed by atoms with Gasteiger partial charge in [0.2, 0.25) is 0 Å². The third-order valence-corrected chi connectivity index (χ3v) is 4.19. The fourth-order valence-electron chi connectivity index (χ4n) is 2.75. The lowest BCUT2D eigenvalue weighted by molar-refractivity contribution is 0.287. The normalized spacial score (nSPS) is 11.7. The van der Waals surface area contributed by atoms with E-state index in [9.17, 15) is 0 Å². The van der Waals surface area contributed by atoms with Crippen molar-refractivity contribution in [2.45, 2.75) is 26.5 Å². The minimum atomic E-state index is -0.504. The van der Waals surface area contributed by atoms with E-state index < -0.39 is 6.04 Å². The molecular formula is C21H26N4O4. The van der Waals surface area contributed by atoms with Crippen molar-refractivity contribution in [2.24, 2.45) is 5.73 Å². The Balaban J connectivity index is 1.68. The van der Waals surface area contributed by atoms with Gasteiger partial charge >= 0.3 is 0 Å². The van der Waals surface area contributed by atoms with Crippen LogP contribution in [0.1, 0.15) is 37.1 Å². The van der Waals surface area contributed by atoms with Crippen LogP contribution in [0, 0.1) is 0 Å². The Morgan fingerprint density at radius 2 is 1.62 bits per heavy atom. The number of nitrogens with two attached hydrogens (primary N) is 1. The molecule has 0 saturated carbocycles. The first-order valence-corrected chi connectivity index (χ1v) is 9.47. The molecule has 8 heteroatoms. The molecule has 3 rings (SSSR count). The Bertz CT molecular complexity index is 911. The van der Waals surface area contributed by atoms with E-state index in [1.54, 1.807) is 7.11 Å². The minimum Gasteiger partial charge on any atom is -0.497 e. The van der Waals surface area contributed by atoms with Gasteiger partial charge in [-0.3, -0.25) is 5.10 Å². The van der Waals surface area contributed by atoms with Crippen molar-refractivity contribution in [3.8, 4) is 23.0 Å². The van der Waals surface area contributed by atoms with Gasteiger partial charge in [-0.15, -0.1) is 0 Å². The molecule has 0 fully saturated rings. The second-order valence-electron chi connectivity index (χ2n) is 6.15. The number of methoxy groups -OCH3 is 1. The molecule has 3 N–H and O–H groups in total. The molecule has 0 unspecified atom stereocenters. The molecule has 1 aromatic heterocycles. The third kappa shape index (κ3) is 5.17. The van der Waals surface area contributed by atoms with Gasteiger partial charge in [0.25, 0.3) is 0 Å². The molecule has 0 spiro atoms. The highest BCUT2D eigenvalue weighted by Gasteiger charge is 2.17. The van der Waals surface area contributed by atoms with Gasteiger partial charge in [0.05, 0.1) is 26.4 Å². The van der Waals surface area contributed by atoms with Crippen LogP contribution in [0.2, 0.25) is 0 Å². The van der Waals surface area contributed by atoms with Gasteiger partial charge in [0.15, 0.2) is 23.1 Å².